The van der Waals surface area contributed by atoms with Crippen molar-refractivity contribution >= 4 is 57.7 Å². The van der Waals surface area contributed by atoms with Gasteiger partial charge in [-0.3, -0.25) is 37.7 Å². The zero-order valence-electron chi connectivity index (χ0n) is 27.9. The fraction of sp³-hybridized carbons (Fsp3) is 0.565. The highest BCUT2D eigenvalue weighted by Crippen LogP contribution is 2.67. The van der Waals surface area contributed by atoms with Crippen molar-refractivity contribution in [2.45, 2.75) is 49.1 Å². The van der Waals surface area contributed by atoms with Crippen LogP contribution in [0.2, 0.25) is 0 Å². The topological polar surface area (TPSA) is 396 Å². The summed E-state index contributed by atoms with van der Waals surface area (Å²) in [6, 6.07) is 0. The van der Waals surface area contributed by atoms with Gasteiger partial charge in [0.1, 0.15) is 36.6 Å². The minimum Gasteiger partial charge on any atom is -0.387 e. The zero-order chi connectivity index (χ0) is 39.5. The first-order chi connectivity index (χ1) is 25.2. The number of imidazole rings is 2. The molecule has 11 N–H and O–H groups in total. The normalized spacial score (nSPS) is 29.4. The number of aliphatic hydroxyl groups excluding tert-OH is 2. The van der Waals surface area contributed by atoms with Gasteiger partial charge in [0.2, 0.25) is 17.7 Å². The molecule has 2 fully saturated rings. The molecular formula is C23H34N10O18P3+. The van der Waals surface area contributed by atoms with Gasteiger partial charge in [-0.25, -0.2) is 23.2 Å². The number of nitrogens with one attached hydrogen (secondary N) is 2. The van der Waals surface area contributed by atoms with Crippen LogP contribution < -0.4 is 27.2 Å². The molecule has 6 heterocycles. The van der Waals surface area contributed by atoms with E-state index in [1.54, 1.807) is 0 Å². The van der Waals surface area contributed by atoms with E-state index in [1.165, 1.54) is 41.3 Å². The first-order valence-corrected chi connectivity index (χ1v) is 19.6. The van der Waals surface area contributed by atoms with Crippen molar-refractivity contribution in [2.75, 3.05) is 38.9 Å². The van der Waals surface area contributed by atoms with Crippen molar-refractivity contribution in [1.29, 1.82) is 0 Å². The Kier molecular flexibility index (Phi) is 11.0. The predicted molar refractivity (Wildman–Crippen MR) is 173 cm³/mol. The van der Waals surface area contributed by atoms with E-state index in [4.69, 9.17) is 39.5 Å². The van der Waals surface area contributed by atoms with Crippen LogP contribution in [0, 0.1) is 0 Å². The van der Waals surface area contributed by atoms with Gasteiger partial charge in [-0.2, -0.15) is 13.6 Å². The second-order valence-corrected chi connectivity index (χ2v) is 16.3. The lowest BCUT2D eigenvalue weighted by atomic mass is 10.1. The minimum absolute atomic E-state index is 0.00395. The SMILES string of the molecule is CO[C@@H]1[C@H](O)C(COP(=O)(O)OP(=O)(O)OP(=O)(O)OC[C@H]2OC([n+]3cn(C)c4c(=O)[nH]c(N)nc43)[C@@H](O)[C@H]2OC)O[C@H]1n1cnc2c(=O)[nH]c(N)nc21. The largest absolute Gasteiger partial charge is 0.490 e. The molecule has 0 amide bonds. The lowest BCUT2D eigenvalue weighted by molar-refractivity contribution is -0.745. The van der Waals surface area contributed by atoms with Gasteiger partial charge in [0, 0.05) is 14.2 Å². The molecule has 11 atom stereocenters. The number of methoxy groups -OCH3 is 2. The van der Waals surface area contributed by atoms with E-state index in [-0.39, 0.29) is 34.2 Å². The summed E-state index contributed by atoms with van der Waals surface area (Å²) in [6.07, 6.45) is -8.44. The summed E-state index contributed by atoms with van der Waals surface area (Å²) < 4.78 is 81.4. The number of aromatic nitrogens is 8. The van der Waals surface area contributed by atoms with Crippen LogP contribution in [0.3, 0.4) is 0 Å². The van der Waals surface area contributed by atoms with Crippen LogP contribution >= 0.6 is 23.5 Å². The molecular weight excluding hydrogens is 797 g/mol. The van der Waals surface area contributed by atoms with E-state index in [2.05, 4.69) is 33.5 Å². The van der Waals surface area contributed by atoms with Crippen LogP contribution in [0.5, 0.6) is 0 Å². The maximum Gasteiger partial charge on any atom is 0.490 e. The Morgan fingerprint density at radius 3 is 2.09 bits per heavy atom. The Hall–Kier alpha value is -3.53. The molecule has 5 unspecified atom stereocenters. The molecule has 54 heavy (non-hydrogen) atoms. The Morgan fingerprint density at radius 2 is 1.46 bits per heavy atom. The Balaban J connectivity index is 1.07. The van der Waals surface area contributed by atoms with Crippen LogP contribution in [-0.2, 0) is 57.4 Å². The summed E-state index contributed by atoms with van der Waals surface area (Å²) in [5.41, 5.74) is 9.89. The molecule has 31 heteroatoms. The van der Waals surface area contributed by atoms with Crippen molar-refractivity contribution in [1.82, 2.24) is 34.1 Å². The van der Waals surface area contributed by atoms with E-state index in [9.17, 15) is 48.2 Å². The summed E-state index contributed by atoms with van der Waals surface area (Å²) >= 11 is 0. The fourth-order valence-electron chi connectivity index (χ4n) is 5.95. The first-order valence-electron chi connectivity index (χ1n) is 15.2. The Morgan fingerprint density at radius 1 is 0.870 bits per heavy atom. The number of nitrogens with two attached hydrogens (primary N) is 2. The number of aromatic amines is 2. The zero-order valence-corrected chi connectivity index (χ0v) is 30.6. The second kappa shape index (κ2) is 14.8. The highest BCUT2D eigenvalue weighted by molar-refractivity contribution is 7.66. The number of ether oxygens (including phenoxy) is 4. The van der Waals surface area contributed by atoms with E-state index in [0.29, 0.717) is 0 Å². The second-order valence-electron chi connectivity index (χ2n) is 11.7. The summed E-state index contributed by atoms with van der Waals surface area (Å²) in [7, 11) is -13.4. The number of nitrogen functional groups attached to an aromatic ring is 2. The monoisotopic (exact) mass is 831 g/mol. The fourth-order valence-corrected chi connectivity index (χ4v) is 9.47. The standard InChI is InChI=1S/C23H33N10O18P3/c1-31-7-33(17-11(31)19(37)30-23(25)28-17)20-13(35)14(44-2)9(49-20)5-47-53(40,41)51-54(42,43)50-52(38,39)46-4-8-12(34)15(45-3)21(48-8)32-6-26-10-16(32)27-22(24)29-18(10)36/h6-9,12-15,20-21,34-35H,4-5H2,1-3H3,(H8-,24,25,27,28,29,30,36,37,38,39,40,41,42,43)/p+1/t8?,9-,12-,13+,14+,15-,20?,21-/m1/s1. The average Bonchev–Trinajstić information content (AvgIpc) is 3.79. The quantitative estimate of drug-likeness (QED) is 0.0445. The number of fused-ring (bicyclic) bond motifs is 2. The molecule has 0 radical (unpaired) electrons. The number of anilines is 2. The maximum absolute atomic E-state index is 12.7. The van der Waals surface area contributed by atoms with Gasteiger partial charge in [0.25, 0.3) is 17.1 Å². The number of hydrogen-bond acceptors (Lipinski definition) is 20. The van der Waals surface area contributed by atoms with Gasteiger partial charge in [-0.15, -0.1) is 0 Å². The summed E-state index contributed by atoms with van der Waals surface area (Å²) in [6.45, 7) is -1.93. The van der Waals surface area contributed by atoms with E-state index >= 15 is 0 Å². The lowest BCUT2D eigenvalue weighted by Gasteiger charge is -2.21. The Bertz CT molecular complexity index is 2320. The van der Waals surface area contributed by atoms with Crippen LogP contribution in [0.25, 0.3) is 22.3 Å². The number of nitrogens with zero attached hydrogens (tertiary/aromatic N) is 6. The summed E-state index contributed by atoms with van der Waals surface area (Å²) in [5.74, 6) is -0.497. The van der Waals surface area contributed by atoms with Gasteiger partial charge in [0.05, 0.1) is 26.6 Å². The van der Waals surface area contributed by atoms with Crippen molar-refractivity contribution in [3.05, 3.63) is 33.4 Å². The number of phosphoric ester groups is 2. The van der Waals surface area contributed by atoms with Crippen LogP contribution in [0.15, 0.2) is 22.2 Å². The highest BCUT2D eigenvalue weighted by Gasteiger charge is 2.51. The van der Waals surface area contributed by atoms with Gasteiger partial charge in [-0.05, 0) is 0 Å². The molecule has 298 valence electrons. The van der Waals surface area contributed by atoms with Gasteiger partial charge >= 0.3 is 29.1 Å². The van der Waals surface area contributed by atoms with Crippen molar-refractivity contribution in [3.63, 3.8) is 0 Å². The van der Waals surface area contributed by atoms with Crippen molar-refractivity contribution < 1.29 is 79.8 Å². The van der Waals surface area contributed by atoms with Gasteiger partial charge in [-0.1, -0.05) is 4.98 Å². The van der Waals surface area contributed by atoms with E-state index in [1.807, 2.05) is 0 Å². The van der Waals surface area contributed by atoms with Gasteiger partial charge in [0.15, 0.2) is 23.7 Å². The molecule has 2 aliphatic heterocycles. The first kappa shape index (κ1) is 40.1. The average molecular weight is 831 g/mol. The molecule has 4 aromatic heterocycles. The molecule has 0 saturated carbocycles. The molecule has 6 rings (SSSR count). The molecule has 0 spiro atoms. The molecule has 2 aliphatic rings. The number of H-pyrrole nitrogens is 2. The molecule has 0 bridgehead atoms. The maximum atomic E-state index is 12.7. The molecule has 0 aliphatic carbocycles. The third kappa shape index (κ3) is 7.92. The third-order valence-electron chi connectivity index (χ3n) is 8.17. The van der Waals surface area contributed by atoms with Crippen LogP contribution in [-0.4, -0.2) is 123 Å². The number of rotatable bonds is 14. The van der Waals surface area contributed by atoms with E-state index < -0.39 is 96.9 Å². The molecule has 2 saturated heterocycles. The number of hydrogen-bond donors (Lipinski definition) is 9. The molecule has 0 aromatic carbocycles. The minimum atomic E-state index is -5.96. The number of aliphatic hydroxyl groups is 2. The highest BCUT2D eigenvalue weighted by atomic mass is 31.3. The Labute approximate surface area is 299 Å². The molecule has 28 nitrogen and oxygen atoms in total. The number of aryl methyl sites for hydroxylation is 1. The van der Waals surface area contributed by atoms with Crippen molar-refractivity contribution in [2.24, 2.45) is 7.05 Å². The predicted octanol–water partition coefficient (Wildman–Crippen LogP) is -3.24. The lowest BCUT2D eigenvalue weighted by Crippen LogP contribution is -2.46. The van der Waals surface area contributed by atoms with Crippen LogP contribution in [0.1, 0.15) is 12.5 Å². The smallest absolute Gasteiger partial charge is 0.387 e. The third-order valence-corrected chi connectivity index (χ3v) is 12.4. The van der Waals surface area contributed by atoms with E-state index in [0.717, 1.165) is 6.33 Å². The molecule has 4 aromatic rings. The number of phosphoric acid groups is 3. The van der Waals surface area contributed by atoms with Crippen molar-refractivity contribution in [3.8, 4) is 0 Å². The summed E-state index contributed by atoms with van der Waals surface area (Å²) in [5, 5.41) is 21.7. The van der Waals surface area contributed by atoms with Crippen LogP contribution in [0.4, 0.5) is 11.9 Å². The summed E-state index contributed by atoms with van der Waals surface area (Å²) in [4.78, 5) is 71.6. The van der Waals surface area contributed by atoms with Gasteiger partial charge < -0.3 is 55.3 Å².